The van der Waals surface area contributed by atoms with Crippen LogP contribution in [0.5, 0.6) is 0 Å². The van der Waals surface area contributed by atoms with Gasteiger partial charge in [0.15, 0.2) is 0 Å². The first-order valence-corrected chi connectivity index (χ1v) is 42.2. The van der Waals surface area contributed by atoms with Crippen molar-refractivity contribution >= 4 is 105 Å². The number of fused-ring (bicyclic) bond motifs is 10. The van der Waals surface area contributed by atoms with Gasteiger partial charge in [-0.3, -0.25) is 0 Å². The van der Waals surface area contributed by atoms with Gasteiger partial charge in [-0.1, -0.05) is 0 Å². The fraction of sp³-hybridized carbons (Fsp3) is 0.0769. The van der Waals surface area contributed by atoms with Gasteiger partial charge in [-0.15, -0.1) is 0 Å². The van der Waals surface area contributed by atoms with Crippen molar-refractivity contribution in [2.75, 3.05) is 0 Å². The van der Waals surface area contributed by atoms with Crippen molar-refractivity contribution in [3.63, 3.8) is 0 Å². The van der Waals surface area contributed by atoms with E-state index in [1.807, 2.05) is 0 Å². The van der Waals surface area contributed by atoms with Crippen LogP contribution in [0.25, 0.3) is 143 Å². The number of hydrogen-bond acceptors (Lipinski definition) is 0. The third-order valence-electron chi connectivity index (χ3n) is 18.9. The van der Waals surface area contributed by atoms with Gasteiger partial charge in [0.2, 0.25) is 0 Å². The Hall–Kier alpha value is -8.26. The molecule has 0 fully saturated rings. The number of rotatable bonds is 6. The van der Waals surface area contributed by atoms with Crippen LogP contribution in [0.1, 0.15) is 43.4 Å². The summed E-state index contributed by atoms with van der Waals surface area (Å²) in [6, 6.07) is 92.4. The molecule has 0 bridgehead atoms. The number of benzene rings is 14. The summed E-state index contributed by atoms with van der Waals surface area (Å²) in [5.41, 5.74) is 19.5. The second-order valence-corrected chi connectivity index (χ2v) is 54.8. The minimum atomic E-state index is -4.57. The topological polar surface area (TPSA) is 0 Å². The van der Waals surface area contributed by atoms with Crippen LogP contribution in [0.4, 0.5) is 0 Å². The Labute approximate surface area is 469 Å². The van der Waals surface area contributed by atoms with Gasteiger partial charge in [0.25, 0.3) is 0 Å². The fourth-order valence-corrected chi connectivity index (χ4v) is 37.0. The first-order valence-electron chi connectivity index (χ1n) is 28.5. The van der Waals surface area contributed by atoms with E-state index in [2.05, 4.69) is 285 Å². The molecule has 0 N–H and O–H groups in total. The SMILES string of the molecule is CC1=Cc2c(-c3c4ccccc4cc4ccccc34)ccc(-c3c4ccccc4cc4ccccc34)c2[CH]1[Zr]([CH3])([CH3])(=[SiH2])[CH]1C(C)=Cc2c(-c3c4ccccc4cc4ccccc34)ccc(-c3c4ccccc4cc4ccccc34)c21. The van der Waals surface area contributed by atoms with Crippen molar-refractivity contribution in [3.8, 4) is 44.5 Å². The zero-order valence-corrected chi connectivity index (χ0v) is 49.5. The average Bonchev–Trinajstić information content (AvgIpc) is 4.25. The Morgan fingerprint density at radius 2 is 0.475 bits per heavy atom. The van der Waals surface area contributed by atoms with E-state index in [4.69, 9.17) is 0 Å². The van der Waals surface area contributed by atoms with Crippen LogP contribution in [-0.2, 0) is 17.4 Å². The van der Waals surface area contributed by atoms with E-state index in [-0.39, 0.29) is 7.25 Å². The van der Waals surface area contributed by atoms with Crippen LogP contribution >= 0.6 is 0 Å². The first kappa shape index (κ1) is 47.7. The van der Waals surface area contributed by atoms with Gasteiger partial charge in [-0.05, 0) is 0 Å². The van der Waals surface area contributed by atoms with Crippen LogP contribution in [0.15, 0.2) is 254 Å². The number of allylic oxidation sites excluding steroid dienone is 2. The van der Waals surface area contributed by atoms with Gasteiger partial charge in [-0.25, -0.2) is 0 Å². The molecule has 2 heteroatoms. The van der Waals surface area contributed by atoms with Gasteiger partial charge < -0.3 is 0 Å². The Morgan fingerprint density at radius 1 is 0.275 bits per heavy atom. The first-order chi connectivity index (χ1) is 39.1. The molecular formula is C78H58SiZr. The summed E-state index contributed by atoms with van der Waals surface area (Å²) in [5.74, 6) is 0. The summed E-state index contributed by atoms with van der Waals surface area (Å²) >= 11 is -4.57. The Morgan fingerprint density at radius 3 is 0.713 bits per heavy atom. The molecule has 0 amide bonds. The van der Waals surface area contributed by atoms with Gasteiger partial charge in [-0.2, -0.15) is 0 Å². The maximum absolute atomic E-state index is 4.57. The van der Waals surface area contributed by atoms with E-state index >= 15 is 0 Å². The number of hydrogen-bond donors (Lipinski definition) is 0. The van der Waals surface area contributed by atoms with Crippen LogP contribution in [0, 0.1) is 0 Å². The molecule has 0 radical (unpaired) electrons. The average molecular weight is 1110 g/mol. The predicted octanol–water partition coefficient (Wildman–Crippen LogP) is 21.5. The summed E-state index contributed by atoms with van der Waals surface area (Å²) in [5, 5.41) is 20.6. The van der Waals surface area contributed by atoms with Crippen LogP contribution in [0.3, 0.4) is 0 Å². The van der Waals surface area contributed by atoms with Crippen molar-refractivity contribution in [1.29, 1.82) is 0 Å². The molecule has 378 valence electrons. The van der Waals surface area contributed by atoms with E-state index in [9.17, 15) is 0 Å². The van der Waals surface area contributed by atoms with Crippen molar-refractivity contribution in [1.82, 2.24) is 0 Å². The third-order valence-corrected chi connectivity index (χ3v) is 36.7. The molecule has 0 spiro atoms. The van der Waals surface area contributed by atoms with Crippen molar-refractivity contribution < 1.29 is 17.4 Å². The molecule has 0 aromatic heterocycles. The molecule has 2 aliphatic carbocycles. The second-order valence-electron chi connectivity index (χ2n) is 24.3. The summed E-state index contributed by atoms with van der Waals surface area (Å²) in [4.78, 5) is 0. The van der Waals surface area contributed by atoms with Crippen LogP contribution in [-0.4, -0.2) is 6.88 Å². The Balaban J connectivity index is 1.03. The van der Waals surface area contributed by atoms with Gasteiger partial charge in [0.05, 0.1) is 0 Å². The van der Waals surface area contributed by atoms with Crippen molar-refractivity contribution in [3.05, 3.63) is 276 Å². The minimum absolute atomic E-state index is 0.206. The molecular weight excluding hydrogens is 1060 g/mol. The molecule has 14 aromatic rings. The molecule has 2 unspecified atom stereocenters. The van der Waals surface area contributed by atoms with E-state index in [1.54, 1.807) is 0 Å². The van der Waals surface area contributed by atoms with E-state index < -0.39 is 17.4 Å². The van der Waals surface area contributed by atoms with E-state index in [0.717, 1.165) is 0 Å². The quantitative estimate of drug-likeness (QED) is 0.115. The summed E-state index contributed by atoms with van der Waals surface area (Å²) in [6.07, 6.45) is 5.31. The molecule has 80 heavy (non-hydrogen) atoms. The fourth-order valence-electron chi connectivity index (χ4n) is 16.0. The normalized spacial score (nSPS) is 15.4. The molecule has 16 rings (SSSR count). The summed E-state index contributed by atoms with van der Waals surface area (Å²) in [6.45, 7) is 7.49. The molecule has 0 saturated carbocycles. The Kier molecular flexibility index (Phi) is 10.5. The zero-order chi connectivity index (χ0) is 53.6. The van der Waals surface area contributed by atoms with Gasteiger partial charge >= 0.3 is 474 Å². The van der Waals surface area contributed by atoms with Crippen molar-refractivity contribution in [2.24, 2.45) is 0 Å². The molecule has 2 aliphatic rings. The molecule has 14 aromatic carbocycles. The molecule has 0 heterocycles. The monoisotopic (exact) mass is 1110 g/mol. The maximum atomic E-state index is 2.85. The van der Waals surface area contributed by atoms with E-state index in [0.29, 0.717) is 0 Å². The van der Waals surface area contributed by atoms with Crippen LogP contribution < -0.4 is 0 Å². The second kappa shape index (κ2) is 17.6. The molecule has 0 nitrogen and oxygen atoms in total. The van der Waals surface area contributed by atoms with Gasteiger partial charge in [0, 0.05) is 0 Å². The van der Waals surface area contributed by atoms with Gasteiger partial charge in [0.1, 0.15) is 0 Å². The molecule has 2 atom stereocenters. The van der Waals surface area contributed by atoms with Crippen LogP contribution in [0.2, 0.25) is 9.26 Å². The molecule has 0 aliphatic heterocycles. The van der Waals surface area contributed by atoms with E-state index in [1.165, 1.54) is 164 Å². The summed E-state index contributed by atoms with van der Waals surface area (Å²) in [7, 11) is 0. The Bertz CT molecular complexity index is 4660. The summed E-state index contributed by atoms with van der Waals surface area (Å²) < 4.78 is 6.11. The zero-order valence-electron chi connectivity index (χ0n) is 45.6. The van der Waals surface area contributed by atoms with Crippen molar-refractivity contribution in [2.45, 2.75) is 30.4 Å². The standard InChI is InChI=1S/2C38H25.2CH3.H2Si.Zr/c2*1-24-20-35-33(37-29-14-6-2-10-25(29)22-26-11-3-7-15-30(26)37)18-19-34(36(35)21-24)38-31-16-8-4-12-27(31)23-28-13-5-9-17-32(28)38;;;;/h2*2-23H,1H3;2*1H3;1H2;. The third kappa shape index (κ3) is 6.95. The molecule has 0 saturated heterocycles. The predicted molar refractivity (Wildman–Crippen MR) is 348 cm³/mol.